The molecule has 0 unspecified atom stereocenters. The van der Waals surface area contributed by atoms with Gasteiger partial charge in [0.2, 0.25) is 0 Å². The SMILES string of the molecule is CC(C)c1cccc(NC(N)=NC2CC2)c1. The van der Waals surface area contributed by atoms with Crippen LogP contribution in [0.15, 0.2) is 29.3 Å². The molecule has 3 heteroatoms. The predicted octanol–water partition coefficient (Wildman–Crippen LogP) is 2.70. The lowest BCUT2D eigenvalue weighted by Crippen LogP contribution is -2.23. The molecule has 3 N–H and O–H groups in total. The first-order valence-electron chi connectivity index (χ1n) is 5.85. The van der Waals surface area contributed by atoms with Crippen molar-refractivity contribution in [3.8, 4) is 0 Å². The average molecular weight is 217 g/mol. The summed E-state index contributed by atoms with van der Waals surface area (Å²) in [5, 5.41) is 3.14. The molecule has 86 valence electrons. The lowest BCUT2D eigenvalue weighted by molar-refractivity contribution is 0.867. The van der Waals surface area contributed by atoms with E-state index in [2.05, 4.69) is 36.3 Å². The summed E-state index contributed by atoms with van der Waals surface area (Å²) in [5.41, 5.74) is 8.14. The van der Waals surface area contributed by atoms with Crippen LogP contribution in [-0.4, -0.2) is 12.0 Å². The molecule has 0 amide bonds. The lowest BCUT2D eigenvalue weighted by atomic mass is 10.0. The van der Waals surface area contributed by atoms with E-state index in [0.717, 1.165) is 5.69 Å². The molecule has 0 atom stereocenters. The first-order chi connectivity index (χ1) is 7.65. The summed E-state index contributed by atoms with van der Waals surface area (Å²) in [5.74, 6) is 1.06. The number of guanidine groups is 1. The Bertz CT molecular complexity index is 392. The minimum atomic E-state index is 0.459. The normalized spacial score (nSPS) is 16.6. The third kappa shape index (κ3) is 2.99. The molecule has 1 aliphatic rings. The first kappa shape index (κ1) is 11.0. The molecule has 0 bridgehead atoms. The summed E-state index contributed by atoms with van der Waals surface area (Å²) in [6, 6.07) is 8.77. The topological polar surface area (TPSA) is 50.4 Å². The zero-order valence-electron chi connectivity index (χ0n) is 9.90. The van der Waals surface area contributed by atoms with E-state index in [9.17, 15) is 0 Å². The van der Waals surface area contributed by atoms with Crippen molar-refractivity contribution < 1.29 is 0 Å². The van der Waals surface area contributed by atoms with E-state index in [4.69, 9.17) is 5.73 Å². The molecule has 16 heavy (non-hydrogen) atoms. The van der Waals surface area contributed by atoms with Crippen LogP contribution in [0, 0.1) is 0 Å². The van der Waals surface area contributed by atoms with E-state index in [1.807, 2.05) is 12.1 Å². The maximum Gasteiger partial charge on any atom is 0.193 e. The van der Waals surface area contributed by atoms with Gasteiger partial charge in [0.1, 0.15) is 0 Å². The number of anilines is 1. The minimum Gasteiger partial charge on any atom is -0.370 e. The Morgan fingerprint density at radius 1 is 1.44 bits per heavy atom. The Kier molecular flexibility index (Phi) is 3.13. The van der Waals surface area contributed by atoms with Gasteiger partial charge in [0.15, 0.2) is 5.96 Å². The van der Waals surface area contributed by atoms with E-state index in [1.54, 1.807) is 0 Å². The lowest BCUT2D eigenvalue weighted by Gasteiger charge is -2.09. The average Bonchev–Trinajstić information content (AvgIpc) is 3.01. The highest BCUT2D eigenvalue weighted by atomic mass is 15.1. The molecular formula is C13H19N3. The summed E-state index contributed by atoms with van der Waals surface area (Å²) in [4.78, 5) is 4.34. The number of nitrogens with zero attached hydrogens (tertiary/aromatic N) is 1. The zero-order valence-corrected chi connectivity index (χ0v) is 9.90. The van der Waals surface area contributed by atoms with Gasteiger partial charge < -0.3 is 11.1 Å². The summed E-state index contributed by atoms with van der Waals surface area (Å²) < 4.78 is 0. The zero-order chi connectivity index (χ0) is 11.5. The smallest absolute Gasteiger partial charge is 0.193 e. The first-order valence-corrected chi connectivity index (χ1v) is 5.85. The number of hydrogen-bond donors (Lipinski definition) is 2. The highest BCUT2D eigenvalue weighted by molar-refractivity contribution is 5.92. The van der Waals surface area contributed by atoms with Crippen molar-refractivity contribution in [2.45, 2.75) is 38.6 Å². The molecule has 3 nitrogen and oxygen atoms in total. The Hall–Kier alpha value is -1.51. The van der Waals surface area contributed by atoms with Crippen molar-refractivity contribution >= 4 is 11.6 Å². The van der Waals surface area contributed by atoms with Gasteiger partial charge in [0, 0.05) is 5.69 Å². The minimum absolute atomic E-state index is 0.459. The Morgan fingerprint density at radius 3 is 2.81 bits per heavy atom. The second-order valence-electron chi connectivity index (χ2n) is 4.65. The van der Waals surface area contributed by atoms with E-state index < -0.39 is 0 Å². The number of nitrogens with two attached hydrogens (primary N) is 1. The Labute approximate surface area is 96.8 Å². The Morgan fingerprint density at radius 2 is 2.19 bits per heavy atom. The van der Waals surface area contributed by atoms with Crippen LogP contribution in [0.3, 0.4) is 0 Å². The van der Waals surface area contributed by atoms with Crippen molar-refractivity contribution in [3.63, 3.8) is 0 Å². The fourth-order valence-corrected chi connectivity index (χ4v) is 1.56. The van der Waals surface area contributed by atoms with Gasteiger partial charge in [0.25, 0.3) is 0 Å². The third-order valence-corrected chi connectivity index (χ3v) is 2.69. The fraction of sp³-hybridized carbons (Fsp3) is 0.462. The van der Waals surface area contributed by atoms with E-state index in [1.165, 1.54) is 18.4 Å². The van der Waals surface area contributed by atoms with Gasteiger partial charge >= 0.3 is 0 Å². The van der Waals surface area contributed by atoms with Gasteiger partial charge in [-0.05, 0) is 36.5 Å². The molecule has 1 aliphatic carbocycles. The van der Waals surface area contributed by atoms with Crippen LogP contribution in [0.4, 0.5) is 5.69 Å². The van der Waals surface area contributed by atoms with Crippen LogP contribution in [-0.2, 0) is 0 Å². The van der Waals surface area contributed by atoms with Crippen molar-refractivity contribution in [3.05, 3.63) is 29.8 Å². The van der Waals surface area contributed by atoms with Crippen molar-refractivity contribution in [1.29, 1.82) is 0 Å². The molecule has 1 aromatic carbocycles. The van der Waals surface area contributed by atoms with Crippen molar-refractivity contribution in [2.24, 2.45) is 10.7 Å². The molecular weight excluding hydrogens is 198 g/mol. The summed E-state index contributed by atoms with van der Waals surface area (Å²) in [6.45, 7) is 4.36. The highest BCUT2D eigenvalue weighted by Gasteiger charge is 2.20. The van der Waals surface area contributed by atoms with Crippen LogP contribution in [0.5, 0.6) is 0 Å². The molecule has 0 aromatic heterocycles. The van der Waals surface area contributed by atoms with Crippen LogP contribution in [0.2, 0.25) is 0 Å². The third-order valence-electron chi connectivity index (χ3n) is 2.69. The van der Waals surface area contributed by atoms with Gasteiger partial charge in [-0.15, -0.1) is 0 Å². The highest BCUT2D eigenvalue weighted by Crippen LogP contribution is 2.23. The van der Waals surface area contributed by atoms with Crippen LogP contribution >= 0.6 is 0 Å². The summed E-state index contributed by atoms with van der Waals surface area (Å²) >= 11 is 0. The van der Waals surface area contributed by atoms with Crippen molar-refractivity contribution in [2.75, 3.05) is 5.32 Å². The number of hydrogen-bond acceptors (Lipinski definition) is 1. The molecule has 0 radical (unpaired) electrons. The van der Waals surface area contributed by atoms with Crippen LogP contribution < -0.4 is 11.1 Å². The molecule has 2 rings (SSSR count). The van der Waals surface area contributed by atoms with E-state index >= 15 is 0 Å². The largest absolute Gasteiger partial charge is 0.370 e. The number of rotatable bonds is 3. The maximum atomic E-state index is 5.81. The van der Waals surface area contributed by atoms with Crippen LogP contribution in [0.1, 0.15) is 38.2 Å². The maximum absolute atomic E-state index is 5.81. The molecule has 1 aromatic rings. The van der Waals surface area contributed by atoms with E-state index in [0.29, 0.717) is 17.9 Å². The quantitative estimate of drug-likeness (QED) is 0.604. The van der Waals surface area contributed by atoms with Gasteiger partial charge in [0.05, 0.1) is 6.04 Å². The van der Waals surface area contributed by atoms with Crippen molar-refractivity contribution in [1.82, 2.24) is 0 Å². The second kappa shape index (κ2) is 4.56. The molecule has 1 fully saturated rings. The predicted molar refractivity (Wildman–Crippen MR) is 68.8 cm³/mol. The van der Waals surface area contributed by atoms with Gasteiger partial charge in [-0.1, -0.05) is 26.0 Å². The molecule has 0 spiro atoms. The van der Waals surface area contributed by atoms with Gasteiger partial charge in [-0.25, -0.2) is 4.99 Å². The molecule has 0 saturated heterocycles. The van der Waals surface area contributed by atoms with Gasteiger partial charge in [-0.3, -0.25) is 0 Å². The summed E-state index contributed by atoms with van der Waals surface area (Å²) in [6.07, 6.45) is 2.35. The van der Waals surface area contributed by atoms with Gasteiger partial charge in [-0.2, -0.15) is 0 Å². The Balaban J connectivity index is 2.05. The molecule has 1 saturated carbocycles. The van der Waals surface area contributed by atoms with E-state index in [-0.39, 0.29) is 0 Å². The fourth-order valence-electron chi connectivity index (χ4n) is 1.56. The number of nitrogens with one attached hydrogen (secondary N) is 1. The summed E-state index contributed by atoms with van der Waals surface area (Å²) in [7, 11) is 0. The standard InChI is InChI=1S/C13H19N3/c1-9(2)10-4-3-5-12(8-10)16-13(14)15-11-6-7-11/h3-5,8-9,11H,6-7H2,1-2H3,(H3,14,15,16). The monoisotopic (exact) mass is 217 g/mol. The number of aliphatic imine (C=N–C) groups is 1. The molecule has 0 aliphatic heterocycles. The second-order valence-corrected chi connectivity index (χ2v) is 4.65. The van der Waals surface area contributed by atoms with Crippen LogP contribution in [0.25, 0.3) is 0 Å². The number of benzene rings is 1. The molecule has 0 heterocycles.